The monoisotopic (exact) mass is 323 g/mol. The molecule has 126 valence electrons. The van der Waals surface area contributed by atoms with Crippen LogP contribution in [0.1, 0.15) is 47.3 Å². The summed E-state index contributed by atoms with van der Waals surface area (Å²) in [6.45, 7) is 4.00. The number of amides is 1. The van der Waals surface area contributed by atoms with E-state index in [1.54, 1.807) is 0 Å². The van der Waals surface area contributed by atoms with E-state index in [2.05, 4.69) is 29.4 Å². The molecule has 0 radical (unpaired) electrons. The Morgan fingerprint density at radius 1 is 1.17 bits per heavy atom. The Morgan fingerprint density at radius 3 is 2.58 bits per heavy atom. The molecule has 4 heteroatoms. The van der Waals surface area contributed by atoms with E-state index in [1.165, 1.54) is 18.4 Å². The molecule has 4 nitrogen and oxygen atoms in total. The molecule has 2 aromatic rings. The van der Waals surface area contributed by atoms with Gasteiger partial charge in [0.15, 0.2) is 0 Å². The van der Waals surface area contributed by atoms with E-state index >= 15 is 0 Å². The summed E-state index contributed by atoms with van der Waals surface area (Å²) in [5.41, 5.74) is 3.70. The summed E-state index contributed by atoms with van der Waals surface area (Å²) in [7, 11) is 1.96. The number of rotatable bonds is 2. The molecule has 1 N–H and O–H groups in total. The summed E-state index contributed by atoms with van der Waals surface area (Å²) in [5.74, 6) is 0.106. The number of fused-ring (bicyclic) bond motifs is 3. The summed E-state index contributed by atoms with van der Waals surface area (Å²) in [6, 6.07) is 9.71. The fourth-order valence-corrected chi connectivity index (χ4v) is 4.31. The summed E-state index contributed by atoms with van der Waals surface area (Å²) >= 11 is 0. The Balaban J connectivity index is 1.63. The first kappa shape index (κ1) is 15.6. The second-order valence-corrected chi connectivity index (χ2v) is 7.50. The number of hydrogen-bond donors (Lipinski definition) is 1. The van der Waals surface area contributed by atoms with Crippen LogP contribution in [0.5, 0.6) is 0 Å². The predicted octanol–water partition coefficient (Wildman–Crippen LogP) is 3.21. The van der Waals surface area contributed by atoms with E-state index in [4.69, 9.17) is 0 Å². The van der Waals surface area contributed by atoms with Crippen LogP contribution >= 0.6 is 0 Å². The van der Waals surface area contributed by atoms with Crippen LogP contribution in [0.2, 0.25) is 0 Å². The topological polar surface area (TPSA) is 45.2 Å². The van der Waals surface area contributed by atoms with Crippen molar-refractivity contribution >= 4 is 16.8 Å². The van der Waals surface area contributed by atoms with Crippen molar-refractivity contribution < 1.29 is 4.79 Å². The first-order chi connectivity index (χ1) is 11.5. The Bertz CT molecular complexity index is 789. The number of hydrogen-bond acceptors (Lipinski definition) is 3. The van der Waals surface area contributed by atoms with Gasteiger partial charge < -0.3 is 10.2 Å². The Hall–Kier alpha value is -1.94. The van der Waals surface area contributed by atoms with Crippen LogP contribution in [-0.2, 0) is 0 Å². The van der Waals surface area contributed by atoms with Crippen molar-refractivity contribution in [2.24, 2.45) is 0 Å². The van der Waals surface area contributed by atoms with Crippen molar-refractivity contribution in [3.8, 4) is 0 Å². The number of nitrogens with zero attached hydrogens (tertiary/aromatic N) is 2. The Morgan fingerprint density at radius 2 is 1.88 bits per heavy atom. The van der Waals surface area contributed by atoms with Crippen LogP contribution < -0.4 is 5.32 Å². The average Bonchev–Trinajstić information content (AvgIpc) is 2.91. The van der Waals surface area contributed by atoms with E-state index in [0.29, 0.717) is 18.1 Å². The molecular weight excluding hydrogens is 298 g/mol. The molecule has 2 aliphatic rings. The Labute approximate surface area is 143 Å². The second kappa shape index (κ2) is 5.85. The molecule has 2 fully saturated rings. The van der Waals surface area contributed by atoms with E-state index in [0.717, 1.165) is 35.0 Å². The maximum atomic E-state index is 13.1. The summed E-state index contributed by atoms with van der Waals surface area (Å²) in [4.78, 5) is 19.7. The average molecular weight is 323 g/mol. The number of benzene rings is 1. The quantitative estimate of drug-likeness (QED) is 0.923. The third-order valence-electron chi connectivity index (χ3n) is 5.71. The highest BCUT2D eigenvalue weighted by atomic mass is 16.2. The zero-order chi connectivity index (χ0) is 16.8. The molecule has 3 heterocycles. The maximum Gasteiger partial charge on any atom is 0.255 e. The fourth-order valence-electron chi connectivity index (χ4n) is 4.31. The number of pyridine rings is 1. The lowest BCUT2D eigenvalue weighted by Crippen LogP contribution is -2.48. The van der Waals surface area contributed by atoms with Crippen molar-refractivity contribution in [3.63, 3.8) is 0 Å². The van der Waals surface area contributed by atoms with E-state index in [-0.39, 0.29) is 5.91 Å². The number of nitrogens with one attached hydrogen (secondary N) is 1. The lowest BCUT2D eigenvalue weighted by atomic mass is 9.97. The highest BCUT2D eigenvalue weighted by Crippen LogP contribution is 2.30. The minimum atomic E-state index is 0.106. The molecule has 24 heavy (non-hydrogen) atoms. The Kier molecular flexibility index (Phi) is 3.80. The van der Waals surface area contributed by atoms with Gasteiger partial charge in [-0.3, -0.25) is 9.78 Å². The van der Waals surface area contributed by atoms with Gasteiger partial charge in [-0.2, -0.15) is 0 Å². The third-order valence-corrected chi connectivity index (χ3v) is 5.71. The predicted molar refractivity (Wildman–Crippen MR) is 96.3 cm³/mol. The lowest BCUT2D eigenvalue weighted by Gasteiger charge is -2.35. The van der Waals surface area contributed by atoms with Crippen LogP contribution in [0.3, 0.4) is 0 Å². The SMILES string of the molecule is Cc1ccc2nc(C)c(C(=O)N(C)C3CC4CCC(C3)N4)cc2c1. The number of aromatic nitrogens is 1. The molecule has 2 saturated heterocycles. The van der Waals surface area contributed by atoms with Gasteiger partial charge in [0, 0.05) is 30.6 Å². The van der Waals surface area contributed by atoms with Gasteiger partial charge in [-0.15, -0.1) is 0 Å². The van der Waals surface area contributed by atoms with Gasteiger partial charge in [-0.05, 0) is 57.7 Å². The van der Waals surface area contributed by atoms with Crippen molar-refractivity contribution in [2.75, 3.05) is 7.05 Å². The van der Waals surface area contributed by atoms with Crippen LogP contribution in [-0.4, -0.2) is 41.0 Å². The smallest absolute Gasteiger partial charge is 0.255 e. The first-order valence-electron chi connectivity index (χ1n) is 8.92. The van der Waals surface area contributed by atoms with Crippen LogP contribution in [0.15, 0.2) is 24.3 Å². The number of aryl methyl sites for hydroxylation is 2. The van der Waals surface area contributed by atoms with Gasteiger partial charge in [0.2, 0.25) is 0 Å². The van der Waals surface area contributed by atoms with Crippen molar-refractivity contribution in [1.29, 1.82) is 0 Å². The molecule has 1 aromatic heterocycles. The highest BCUT2D eigenvalue weighted by Gasteiger charge is 2.36. The van der Waals surface area contributed by atoms with Gasteiger partial charge in [0.05, 0.1) is 16.8 Å². The summed E-state index contributed by atoms with van der Waals surface area (Å²) in [6.07, 6.45) is 4.63. The molecule has 0 aliphatic carbocycles. The van der Waals surface area contributed by atoms with Gasteiger partial charge >= 0.3 is 0 Å². The molecule has 0 spiro atoms. The standard InChI is InChI=1S/C20H25N3O/c1-12-4-7-19-14(8-12)9-18(13(2)21-19)20(24)23(3)17-10-15-5-6-16(11-17)22-15/h4,7-9,15-17,22H,5-6,10-11H2,1-3H3. The summed E-state index contributed by atoms with van der Waals surface area (Å²) < 4.78 is 0. The fraction of sp³-hybridized carbons (Fsp3) is 0.500. The van der Waals surface area contributed by atoms with Gasteiger partial charge in [0.25, 0.3) is 5.91 Å². The van der Waals surface area contributed by atoms with Crippen LogP contribution in [0.25, 0.3) is 10.9 Å². The third kappa shape index (κ3) is 2.69. The second-order valence-electron chi connectivity index (χ2n) is 7.50. The van der Waals surface area contributed by atoms with Crippen molar-refractivity contribution in [3.05, 3.63) is 41.1 Å². The zero-order valence-corrected chi connectivity index (χ0v) is 14.7. The molecule has 2 atom stereocenters. The van der Waals surface area contributed by atoms with Crippen molar-refractivity contribution in [2.45, 2.75) is 57.7 Å². The maximum absolute atomic E-state index is 13.1. The lowest BCUT2D eigenvalue weighted by molar-refractivity contribution is 0.0680. The molecule has 4 rings (SSSR count). The van der Waals surface area contributed by atoms with Crippen LogP contribution in [0.4, 0.5) is 0 Å². The summed E-state index contributed by atoms with van der Waals surface area (Å²) in [5, 5.41) is 4.69. The van der Waals surface area contributed by atoms with Crippen molar-refractivity contribution in [1.82, 2.24) is 15.2 Å². The first-order valence-corrected chi connectivity index (χ1v) is 8.92. The number of carbonyl (C=O) groups is 1. The highest BCUT2D eigenvalue weighted by molar-refractivity contribution is 5.98. The van der Waals surface area contributed by atoms with Crippen LogP contribution in [0, 0.1) is 13.8 Å². The zero-order valence-electron chi connectivity index (χ0n) is 14.7. The number of carbonyl (C=O) groups excluding carboxylic acids is 1. The van der Waals surface area contributed by atoms with Gasteiger partial charge in [-0.1, -0.05) is 11.6 Å². The van der Waals surface area contributed by atoms with E-state index < -0.39 is 0 Å². The van der Waals surface area contributed by atoms with E-state index in [1.807, 2.05) is 31.0 Å². The largest absolute Gasteiger partial charge is 0.339 e. The minimum Gasteiger partial charge on any atom is -0.339 e. The van der Waals surface area contributed by atoms with Gasteiger partial charge in [-0.25, -0.2) is 0 Å². The molecule has 2 unspecified atom stereocenters. The molecule has 1 amide bonds. The van der Waals surface area contributed by atoms with E-state index in [9.17, 15) is 4.79 Å². The molecule has 2 bridgehead atoms. The normalized spacial score (nSPS) is 25.9. The molecule has 0 saturated carbocycles. The molecule has 1 aromatic carbocycles. The molecule has 2 aliphatic heterocycles. The molecular formula is C20H25N3O. The van der Waals surface area contributed by atoms with Gasteiger partial charge in [0.1, 0.15) is 0 Å². The number of piperidine rings is 1. The minimum absolute atomic E-state index is 0.106.